The van der Waals surface area contributed by atoms with Gasteiger partial charge < -0.3 is 19.6 Å². The first-order chi connectivity index (χ1) is 13.2. The number of para-hydroxylation sites is 2. The average Bonchev–Trinajstić information content (AvgIpc) is 3.32. The van der Waals surface area contributed by atoms with E-state index in [9.17, 15) is 9.59 Å². The van der Waals surface area contributed by atoms with E-state index in [1.165, 1.54) is 6.26 Å². The fourth-order valence-electron chi connectivity index (χ4n) is 2.90. The van der Waals surface area contributed by atoms with E-state index in [0.29, 0.717) is 31.7 Å². The Kier molecular flexibility index (Phi) is 6.25. The van der Waals surface area contributed by atoms with Crippen molar-refractivity contribution in [3.8, 4) is 0 Å². The van der Waals surface area contributed by atoms with Gasteiger partial charge in [0.05, 0.1) is 17.3 Å². The van der Waals surface area contributed by atoms with Crippen LogP contribution in [0.2, 0.25) is 0 Å². The van der Waals surface area contributed by atoms with Crippen LogP contribution in [0.15, 0.2) is 47.1 Å². The van der Waals surface area contributed by atoms with Crippen molar-refractivity contribution < 1.29 is 14.0 Å². The van der Waals surface area contributed by atoms with Crippen molar-refractivity contribution in [1.82, 2.24) is 20.2 Å². The van der Waals surface area contributed by atoms with Crippen molar-refractivity contribution >= 4 is 22.8 Å². The molecule has 27 heavy (non-hydrogen) atoms. The fraction of sp³-hybridized carbons (Fsp3) is 0.350. The second-order valence-electron chi connectivity index (χ2n) is 6.29. The van der Waals surface area contributed by atoms with Gasteiger partial charge in [-0.3, -0.25) is 9.59 Å². The molecule has 2 N–H and O–H groups in total. The summed E-state index contributed by atoms with van der Waals surface area (Å²) < 4.78 is 7.03. The van der Waals surface area contributed by atoms with E-state index >= 15 is 0 Å². The Labute approximate surface area is 157 Å². The second kappa shape index (κ2) is 9.02. The van der Waals surface area contributed by atoms with Gasteiger partial charge in [0.1, 0.15) is 12.4 Å². The summed E-state index contributed by atoms with van der Waals surface area (Å²) in [4.78, 5) is 28.7. The Balaban J connectivity index is 1.63. The van der Waals surface area contributed by atoms with E-state index in [-0.39, 0.29) is 18.4 Å². The van der Waals surface area contributed by atoms with Crippen LogP contribution in [0.3, 0.4) is 0 Å². The van der Waals surface area contributed by atoms with Crippen molar-refractivity contribution in [1.29, 1.82) is 0 Å². The number of rotatable bonds is 9. The molecule has 0 aliphatic rings. The third-order valence-electron chi connectivity index (χ3n) is 4.22. The molecule has 2 heterocycles. The van der Waals surface area contributed by atoms with Crippen molar-refractivity contribution in [2.75, 3.05) is 13.1 Å². The first-order valence-electron chi connectivity index (χ1n) is 9.21. The van der Waals surface area contributed by atoms with Gasteiger partial charge in [0.2, 0.25) is 5.91 Å². The highest BCUT2D eigenvalue weighted by molar-refractivity contribution is 5.91. The highest BCUT2D eigenvalue weighted by Crippen LogP contribution is 2.17. The summed E-state index contributed by atoms with van der Waals surface area (Å²) >= 11 is 0. The number of carbonyl (C=O) groups is 2. The van der Waals surface area contributed by atoms with Crippen LogP contribution in [0, 0.1) is 0 Å². The molecule has 0 fully saturated rings. The maximum Gasteiger partial charge on any atom is 0.286 e. The molecular weight excluding hydrogens is 344 g/mol. The molecule has 7 heteroatoms. The smallest absolute Gasteiger partial charge is 0.286 e. The maximum absolute atomic E-state index is 12.2. The predicted molar refractivity (Wildman–Crippen MR) is 102 cm³/mol. The Hall–Kier alpha value is -3.09. The highest BCUT2D eigenvalue weighted by Gasteiger charge is 2.13. The van der Waals surface area contributed by atoms with Crippen LogP contribution in [0.1, 0.15) is 36.1 Å². The topological polar surface area (TPSA) is 89.2 Å². The number of imidazole rings is 1. The first kappa shape index (κ1) is 18.7. The summed E-state index contributed by atoms with van der Waals surface area (Å²) in [6.45, 7) is 3.44. The fourth-order valence-corrected chi connectivity index (χ4v) is 2.90. The maximum atomic E-state index is 12.2. The summed E-state index contributed by atoms with van der Waals surface area (Å²) in [7, 11) is 0. The number of aryl methyl sites for hydroxylation is 1. The van der Waals surface area contributed by atoms with Crippen LogP contribution < -0.4 is 10.6 Å². The molecule has 0 unspecified atom stereocenters. The van der Waals surface area contributed by atoms with E-state index in [1.54, 1.807) is 12.1 Å². The summed E-state index contributed by atoms with van der Waals surface area (Å²) in [6, 6.07) is 11.1. The predicted octanol–water partition coefficient (Wildman–Crippen LogP) is 2.52. The zero-order valence-corrected chi connectivity index (χ0v) is 15.4. The molecule has 0 radical (unpaired) electrons. The van der Waals surface area contributed by atoms with Crippen LogP contribution in [-0.4, -0.2) is 34.5 Å². The number of nitrogens with one attached hydrogen (secondary N) is 2. The summed E-state index contributed by atoms with van der Waals surface area (Å²) in [6.07, 6.45) is 3.75. The molecule has 0 saturated heterocycles. The number of aromatic nitrogens is 2. The monoisotopic (exact) mass is 368 g/mol. The van der Waals surface area contributed by atoms with Gasteiger partial charge in [-0.25, -0.2) is 4.98 Å². The van der Waals surface area contributed by atoms with Gasteiger partial charge >= 0.3 is 0 Å². The van der Waals surface area contributed by atoms with Gasteiger partial charge in [0.15, 0.2) is 5.76 Å². The standard InChI is InChI=1S/C20H24N4O3/c1-2-11-21-19(25)14-24-16-8-4-3-7-15(16)23-18(24)10-5-12-22-20(26)17-9-6-13-27-17/h3-4,6-9,13H,2,5,10-12,14H2,1H3,(H,21,25)(H,22,26). The van der Waals surface area contributed by atoms with Crippen LogP contribution in [0.5, 0.6) is 0 Å². The number of hydrogen-bond acceptors (Lipinski definition) is 4. The van der Waals surface area contributed by atoms with Crippen molar-refractivity contribution in [3.63, 3.8) is 0 Å². The molecule has 0 saturated carbocycles. The Morgan fingerprint density at radius 3 is 2.74 bits per heavy atom. The van der Waals surface area contributed by atoms with Gasteiger partial charge in [-0.2, -0.15) is 0 Å². The molecule has 0 aliphatic heterocycles. The van der Waals surface area contributed by atoms with Gasteiger partial charge in [-0.05, 0) is 37.1 Å². The largest absolute Gasteiger partial charge is 0.459 e. The summed E-state index contributed by atoms with van der Waals surface area (Å²) in [5, 5.41) is 5.73. The van der Waals surface area contributed by atoms with Gasteiger partial charge in [0.25, 0.3) is 5.91 Å². The van der Waals surface area contributed by atoms with E-state index in [0.717, 1.165) is 23.3 Å². The number of hydrogen-bond donors (Lipinski definition) is 2. The van der Waals surface area contributed by atoms with Crippen LogP contribution >= 0.6 is 0 Å². The average molecular weight is 368 g/mol. The molecule has 2 aromatic heterocycles. The minimum absolute atomic E-state index is 0.0209. The quantitative estimate of drug-likeness (QED) is 0.568. The molecule has 2 amide bonds. The molecule has 0 bridgehead atoms. The molecule has 3 rings (SSSR count). The number of nitrogens with zero attached hydrogens (tertiary/aromatic N) is 2. The normalized spacial score (nSPS) is 10.9. The lowest BCUT2D eigenvalue weighted by Gasteiger charge is -2.10. The molecule has 1 aromatic carbocycles. The number of carbonyl (C=O) groups excluding carboxylic acids is 2. The van der Waals surface area contributed by atoms with E-state index in [2.05, 4.69) is 15.6 Å². The van der Waals surface area contributed by atoms with E-state index in [4.69, 9.17) is 4.42 Å². The molecule has 0 spiro atoms. The lowest BCUT2D eigenvalue weighted by Crippen LogP contribution is -2.29. The lowest BCUT2D eigenvalue weighted by molar-refractivity contribution is -0.121. The van der Waals surface area contributed by atoms with Crippen molar-refractivity contribution in [2.24, 2.45) is 0 Å². The number of amides is 2. The molecule has 0 aliphatic carbocycles. The molecule has 3 aromatic rings. The van der Waals surface area contributed by atoms with Gasteiger partial charge in [-0.1, -0.05) is 19.1 Å². The highest BCUT2D eigenvalue weighted by atomic mass is 16.3. The summed E-state index contributed by atoms with van der Waals surface area (Å²) in [5.74, 6) is 0.893. The minimum atomic E-state index is -0.229. The zero-order valence-electron chi connectivity index (χ0n) is 15.4. The molecule has 142 valence electrons. The van der Waals surface area contributed by atoms with Crippen molar-refractivity contribution in [2.45, 2.75) is 32.7 Å². The van der Waals surface area contributed by atoms with Crippen molar-refractivity contribution in [3.05, 3.63) is 54.2 Å². The van der Waals surface area contributed by atoms with E-state index in [1.807, 2.05) is 35.8 Å². The second-order valence-corrected chi connectivity index (χ2v) is 6.29. The van der Waals surface area contributed by atoms with E-state index < -0.39 is 0 Å². The summed E-state index contributed by atoms with van der Waals surface area (Å²) in [5.41, 5.74) is 1.81. The molecule has 7 nitrogen and oxygen atoms in total. The number of furan rings is 1. The molecular formula is C20H24N4O3. The van der Waals surface area contributed by atoms with Crippen LogP contribution in [0.25, 0.3) is 11.0 Å². The Morgan fingerprint density at radius 2 is 1.96 bits per heavy atom. The Bertz CT molecular complexity index is 899. The lowest BCUT2D eigenvalue weighted by atomic mass is 10.3. The molecule has 0 atom stereocenters. The zero-order chi connectivity index (χ0) is 19.1. The van der Waals surface area contributed by atoms with Crippen LogP contribution in [0.4, 0.5) is 0 Å². The van der Waals surface area contributed by atoms with Gasteiger partial charge in [-0.15, -0.1) is 0 Å². The minimum Gasteiger partial charge on any atom is -0.459 e. The number of fused-ring (bicyclic) bond motifs is 1. The van der Waals surface area contributed by atoms with Crippen LogP contribution in [-0.2, 0) is 17.8 Å². The third-order valence-corrected chi connectivity index (χ3v) is 4.22. The SMILES string of the molecule is CCCNC(=O)Cn1c(CCCNC(=O)c2ccco2)nc2ccccc21. The Morgan fingerprint density at radius 1 is 1.11 bits per heavy atom. The number of benzene rings is 1. The third kappa shape index (κ3) is 4.75. The van der Waals surface area contributed by atoms with Gasteiger partial charge in [0, 0.05) is 19.5 Å². The first-order valence-corrected chi connectivity index (χ1v) is 9.21.